The van der Waals surface area contributed by atoms with Crippen LogP contribution in [0.2, 0.25) is 0 Å². The van der Waals surface area contributed by atoms with E-state index in [4.69, 9.17) is 4.74 Å². The van der Waals surface area contributed by atoms with Crippen LogP contribution in [0.25, 0.3) is 0 Å². The second-order valence-corrected chi connectivity index (χ2v) is 8.26. The van der Waals surface area contributed by atoms with Gasteiger partial charge in [-0.3, -0.25) is 4.90 Å². The molecule has 0 radical (unpaired) electrons. The molecule has 0 spiro atoms. The van der Waals surface area contributed by atoms with Crippen molar-refractivity contribution in [3.63, 3.8) is 0 Å². The van der Waals surface area contributed by atoms with Gasteiger partial charge in [-0.05, 0) is 45.4 Å². The van der Waals surface area contributed by atoms with Gasteiger partial charge >= 0.3 is 6.09 Å². The lowest BCUT2D eigenvalue weighted by atomic mass is 10.1. The van der Waals surface area contributed by atoms with Crippen LogP contribution in [-0.4, -0.2) is 57.2 Å². The average Bonchev–Trinajstić information content (AvgIpc) is 3.09. The molecule has 0 saturated carbocycles. The third-order valence-electron chi connectivity index (χ3n) is 4.93. The van der Waals surface area contributed by atoms with Gasteiger partial charge in [-0.15, -0.1) is 0 Å². The number of halogens is 1. The van der Waals surface area contributed by atoms with Crippen molar-refractivity contribution in [3.8, 4) is 0 Å². The standard InChI is InChI=1S/C21H29FN4O2/c1-16(17-5-7-18(22)8-6-17)26-15-23-13-19(26)14-24-9-11-25(12-10-24)20(27)28-21(2,3)4/h5-8,13,15-16H,9-12,14H2,1-4H3. The normalized spacial score (nSPS) is 16.8. The van der Waals surface area contributed by atoms with E-state index < -0.39 is 5.60 Å². The number of aromatic nitrogens is 2. The topological polar surface area (TPSA) is 50.6 Å². The van der Waals surface area contributed by atoms with Gasteiger partial charge in [-0.2, -0.15) is 0 Å². The fourth-order valence-corrected chi connectivity index (χ4v) is 3.35. The molecule has 1 fully saturated rings. The van der Waals surface area contributed by atoms with E-state index in [1.165, 1.54) is 12.1 Å². The van der Waals surface area contributed by atoms with Crippen molar-refractivity contribution in [1.29, 1.82) is 0 Å². The summed E-state index contributed by atoms with van der Waals surface area (Å²) in [5.41, 5.74) is 1.66. The van der Waals surface area contributed by atoms with Crippen molar-refractivity contribution in [2.24, 2.45) is 0 Å². The highest BCUT2D eigenvalue weighted by Gasteiger charge is 2.26. The lowest BCUT2D eigenvalue weighted by Gasteiger charge is -2.35. The molecule has 152 valence electrons. The van der Waals surface area contributed by atoms with Gasteiger partial charge in [0.05, 0.1) is 18.1 Å². The molecular formula is C21H29FN4O2. The van der Waals surface area contributed by atoms with Crippen LogP contribution in [0.3, 0.4) is 0 Å². The van der Waals surface area contributed by atoms with Crippen molar-refractivity contribution in [2.75, 3.05) is 26.2 Å². The first-order valence-electron chi connectivity index (χ1n) is 9.69. The molecule has 1 aromatic carbocycles. The first kappa shape index (κ1) is 20.3. The smallest absolute Gasteiger partial charge is 0.410 e. The minimum absolute atomic E-state index is 0.0705. The molecule has 1 atom stereocenters. The molecule has 1 aliphatic rings. The number of hydrogen-bond acceptors (Lipinski definition) is 4. The van der Waals surface area contributed by atoms with Gasteiger partial charge in [0, 0.05) is 38.9 Å². The van der Waals surface area contributed by atoms with Crippen LogP contribution in [0, 0.1) is 5.82 Å². The van der Waals surface area contributed by atoms with Gasteiger partial charge in [0.1, 0.15) is 11.4 Å². The Morgan fingerprint density at radius 2 is 1.82 bits per heavy atom. The fourth-order valence-electron chi connectivity index (χ4n) is 3.35. The maximum Gasteiger partial charge on any atom is 0.410 e. The van der Waals surface area contributed by atoms with E-state index in [9.17, 15) is 9.18 Å². The molecule has 7 heteroatoms. The Hall–Kier alpha value is -2.41. The molecule has 1 aromatic heterocycles. The van der Waals surface area contributed by atoms with Crippen LogP contribution in [0.5, 0.6) is 0 Å². The zero-order chi connectivity index (χ0) is 20.3. The van der Waals surface area contributed by atoms with Crippen LogP contribution in [0.4, 0.5) is 9.18 Å². The van der Waals surface area contributed by atoms with E-state index in [2.05, 4.69) is 21.4 Å². The van der Waals surface area contributed by atoms with Crippen LogP contribution < -0.4 is 0 Å². The molecule has 1 unspecified atom stereocenters. The molecule has 6 nitrogen and oxygen atoms in total. The van der Waals surface area contributed by atoms with Gasteiger partial charge in [-0.1, -0.05) is 12.1 Å². The quantitative estimate of drug-likeness (QED) is 0.802. The van der Waals surface area contributed by atoms with E-state index in [1.807, 2.05) is 45.4 Å². The summed E-state index contributed by atoms with van der Waals surface area (Å²) >= 11 is 0. The highest BCUT2D eigenvalue weighted by Crippen LogP contribution is 2.21. The maximum absolute atomic E-state index is 13.2. The summed E-state index contributed by atoms with van der Waals surface area (Å²) in [6, 6.07) is 6.66. The summed E-state index contributed by atoms with van der Waals surface area (Å²) in [6.45, 7) is 11.4. The predicted molar refractivity (Wildman–Crippen MR) is 106 cm³/mol. The Labute approximate surface area is 165 Å². The number of ether oxygens (including phenoxy) is 1. The lowest BCUT2D eigenvalue weighted by Crippen LogP contribution is -2.49. The molecule has 0 aliphatic carbocycles. The summed E-state index contributed by atoms with van der Waals surface area (Å²) < 4.78 is 20.8. The minimum atomic E-state index is -0.475. The number of rotatable bonds is 4. The number of carbonyl (C=O) groups excluding carboxylic acids is 1. The van der Waals surface area contributed by atoms with E-state index in [1.54, 1.807) is 4.90 Å². The third-order valence-corrected chi connectivity index (χ3v) is 4.93. The molecule has 0 bridgehead atoms. The van der Waals surface area contributed by atoms with E-state index in [0.717, 1.165) is 30.9 Å². The van der Waals surface area contributed by atoms with Gasteiger partial charge < -0.3 is 14.2 Å². The van der Waals surface area contributed by atoms with Crippen molar-refractivity contribution in [3.05, 3.63) is 53.9 Å². The van der Waals surface area contributed by atoms with Crippen LogP contribution in [-0.2, 0) is 11.3 Å². The predicted octanol–water partition coefficient (Wildman–Crippen LogP) is 3.68. The van der Waals surface area contributed by atoms with E-state index in [-0.39, 0.29) is 18.0 Å². The summed E-state index contributed by atoms with van der Waals surface area (Å²) in [5, 5.41) is 0. The minimum Gasteiger partial charge on any atom is -0.444 e. The Kier molecular flexibility index (Phi) is 6.03. The first-order chi connectivity index (χ1) is 13.2. The number of amides is 1. The Balaban J connectivity index is 1.58. The number of carbonyl (C=O) groups is 1. The van der Waals surface area contributed by atoms with Crippen molar-refractivity contribution >= 4 is 6.09 Å². The maximum atomic E-state index is 13.2. The van der Waals surface area contributed by atoms with Crippen LogP contribution in [0.1, 0.15) is 45.0 Å². The molecule has 1 amide bonds. The number of nitrogens with zero attached hydrogens (tertiary/aromatic N) is 4. The number of piperazine rings is 1. The average molecular weight is 388 g/mol. The number of benzene rings is 1. The van der Waals surface area contributed by atoms with Crippen molar-refractivity contribution in [2.45, 2.75) is 45.9 Å². The number of imidazole rings is 1. The Morgan fingerprint density at radius 1 is 1.18 bits per heavy atom. The lowest BCUT2D eigenvalue weighted by molar-refractivity contribution is 0.0137. The van der Waals surface area contributed by atoms with Crippen molar-refractivity contribution < 1.29 is 13.9 Å². The summed E-state index contributed by atoms with van der Waals surface area (Å²) in [6.07, 6.45) is 3.45. The van der Waals surface area contributed by atoms with Gasteiger partial charge in [-0.25, -0.2) is 14.2 Å². The van der Waals surface area contributed by atoms with Crippen LogP contribution >= 0.6 is 0 Å². The fraction of sp³-hybridized carbons (Fsp3) is 0.524. The third kappa shape index (κ3) is 5.10. The van der Waals surface area contributed by atoms with E-state index >= 15 is 0 Å². The number of hydrogen-bond donors (Lipinski definition) is 0. The Bertz CT molecular complexity index is 789. The second-order valence-electron chi connectivity index (χ2n) is 8.26. The first-order valence-corrected chi connectivity index (χ1v) is 9.69. The molecule has 3 rings (SSSR count). The van der Waals surface area contributed by atoms with Gasteiger partial charge in [0.2, 0.25) is 0 Å². The van der Waals surface area contributed by atoms with E-state index in [0.29, 0.717) is 13.1 Å². The largest absolute Gasteiger partial charge is 0.444 e. The molecular weight excluding hydrogens is 359 g/mol. The monoisotopic (exact) mass is 388 g/mol. The summed E-state index contributed by atoms with van der Waals surface area (Å²) in [4.78, 5) is 20.6. The molecule has 1 aliphatic heterocycles. The Morgan fingerprint density at radius 3 is 2.43 bits per heavy atom. The second kappa shape index (κ2) is 8.31. The summed E-state index contributed by atoms with van der Waals surface area (Å²) in [5.74, 6) is -0.232. The molecule has 28 heavy (non-hydrogen) atoms. The highest BCUT2D eigenvalue weighted by atomic mass is 19.1. The zero-order valence-corrected chi connectivity index (χ0v) is 17.1. The molecule has 1 saturated heterocycles. The van der Waals surface area contributed by atoms with Crippen LogP contribution in [0.15, 0.2) is 36.8 Å². The molecule has 2 heterocycles. The van der Waals surface area contributed by atoms with Gasteiger partial charge in [0.25, 0.3) is 0 Å². The SMILES string of the molecule is CC(c1ccc(F)cc1)n1cncc1CN1CCN(C(=O)OC(C)(C)C)CC1. The van der Waals surface area contributed by atoms with Gasteiger partial charge in [0.15, 0.2) is 0 Å². The molecule has 2 aromatic rings. The van der Waals surface area contributed by atoms with Crippen molar-refractivity contribution in [1.82, 2.24) is 19.4 Å². The molecule has 0 N–H and O–H groups in total. The summed E-state index contributed by atoms with van der Waals surface area (Å²) in [7, 11) is 0. The zero-order valence-electron chi connectivity index (χ0n) is 17.1. The highest BCUT2D eigenvalue weighted by molar-refractivity contribution is 5.68.